The van der Waals surface area contributed by atoms with Crippen LogP contribution >= 0.6 is 0 Å². The average Bonchev–Trinajstić information content (AvgIpc) is 3.28. The first-order valence-electron chi connectivity index (χ1n) is 8.29. The minimum Gasteiger partial charge on any atom is -0.466 e. The molecule has 2 aromatic rings. The van der Waals surface area contributed by atoms with Gasteiger partial charge < -0.3 is 24.7 Å². The third-order valence-electron chi connectivity index (χ3n) is 4.06. The van der Waals surface area contributed by atoms with Gasteiger partial charge in [-0.15, -0.1) is 10.2 Å². The summed E-state index contributed by atoms with van der Waals surface area (Å²) in [6, 6.07) is 3.51. The van der Waals surface area contributed by atoms with Crippen LogP contribution in [0.15, 0.2) is 27.8 Å². The van der Waals surface area contributed by atoms with Crippen LogP contribution in [0.5, 0.6) is 0 Å². The number of aryl methyl sites for hydroxylation is 1. The fraction of sp³-hybridized carbons (Fsp3) is 0.562. The molecule has 0 bridgehead atoms. The Kier molecular flexibility index (Phi) is 4.84. The Bertz CT molecular complexity index is 689. The summed E-state index contributed by atoms with van der Waals surface area (Å²) in [6.45, 7) is 6.12. The molecule has 8 nitrogen and oxygen atoms in total. The van der Waals surface area contributed by atoms with Crippen molar-refractivity contribution in [3.8, 4) is 0 Å². The van der Waals surface area contributed by atoms with E-state index in [4.69, 9.17) is 4.42 Å². The summed E-state index contributed by atoms with van der Waals surface area (Å²) in [6.07, 6.45) is 3.65. The molecule has 0 spiro atoms. The third-order valence-corrected chi connectivity index (χ3v) is 4.06. The fourth-order valence-corrected chi connectivity index (χ4v) is 2.75. The molecule has 3 heterocycles. The Labute approximate surface area is 141 Å². The number of aliphatic imine (C=N–C) groups is 1. The van der Waals surface area contributed by atoms with Crippen LogP contribution in [0.25, 0.3) is 0 Å². The van der Waals surface area contributed by atoms with E-state index in [9.17, 15) is 5.11 Å². The Hall–Kier alpha value is -2.35. The van der Waals surface area contributed by atoms with Gasteiger partial charge in [-0.25, -0.2) is 4.99 Å². The van der Waals surface area contributed by atoms with E-state index < -0.39 is 5.60 Å². The normalized spacial score (nSPS) is 16.7. The molecule has 0 amide bonds. The monoisotopic (exact) mass is 332 g/mol. The number of nitrogens with one attached hydrogen (secondary N) is 2. The molecule has 0 saturated carbocycles. The summed E-state index contributed by atoms with van der Waals surface area (Å²) < 4.78 is 7.42. The number of aromatic nitrogens is 3. The topological polar surface area (TPSA) is 100 Å². The lowest BCUT2D eigenvalue weighted by atomic mass is 10.0. The summed E-state index contributed by atoms with van der Waals surface area (Å²) in [5.74, 6) is 3.05. The predicted molar refractivity (Wildman–Crippen MR) is 89.4 cm³/mol. The molecule has 0 aliphatic carbocycles. The van der Waals surface area contributed by atoms with Crippen molar-refractivity contribution in [2.75, 3.05) is 13.1 Å². The van der Waals surface area contributed by atoms with Crippen molar-refractivity contribution in [1.29, 1.82) is 0 Å². The maximum absolute atomic E-state index is 10.5. The van der Waals surface area contributed by atoms with E-state index in [0.29, 0.717) is 18.3 Å². The van der Waals surface area contributed by atoms with Crippen LogP contribution in [0, 0.1) is 0 Å². The lowest BCUT2D eigenvalue weighted by Crippen LogP contribution is -2.44. The van der Waals surface area contributed by atoms with Crippen LogP contribution in [-0.2, 0) is 25.1 Å². The third kappa shape index (κ3) is 3.59. The zero-order valence-corrected chi connectivity index (χ0v) is 14.1. The van der Waals surface area contributed by atoms with Crippen LogP contribution in [0.4, 0.5) is 0 Å². The largest absolute Gasteiger partial charge is 0.466 e. The molecule has 0 radical (unpaired) electrons. The first kappa shape index (κ1) is 16.5. The minimum absolute atomic E-state index is 0.282. The quantitative estimate of drug-likeness (QED) is 0.534. The molecule has 130 valence electrons. The summed E-state index contributed by atoms with van der Waals surface area (Å²) in [5.41, 5.74) is -1.12. The molecule has 1 unspecified atom stereocenters. The molecule has 0 aromatic carbocycles. The molecular formula is C16H24N6O2. The zero-order chi connectivity index (χ0) is 17.0. The molecule has 1 aliphatic heterocycles. The van der Waals surface area contributed by atoms with Crippen LogP contribution in [0.3, 0.4) is 0 Å². The predicted octanol–water partition coefficient (Wildman–Crippen LogP) is 0.780. The number of hydrogen-bond donors (Lipinski definition) is 3. The van der Waals surface area contributed by atoms with Crippen molar-refractivity contribution in [3.05, 3.63) is 35.8 Å². The zero-order valence-electron chi connectivity index (χ0n) is 14.1. The average molecular weight is 332 g/mol. The van der Waals surface area contributed by atoms with Crippen molar-refractivity contribution in [2.45, 2.75) is 45.4 Å². The summed E-state index contributed by atoms with van der Waals surface area (Å²) in [5, 5.41) is 25.2. The van der Waals surface area contributed by atoms with E-state index in [1.807, 2.05) is 6.92 Å². The highest BCUT2D eigenvalue weighted by atomic mass is 16.4. The molecule has 24 heavy (non-hydrogen) atoms. The second kappa shape index (κ2) is 7.04. The highest BCUT2D eigenvalue weighted by Crippen LogP contribution is 2.19. The molecule has 0 fully saturated rings. The Balaban J connectivity index is 1.63. The molecular weight excluding hydrogens is 308 g/mol. The molecule has 3 rings (SSSR count). The number of nitrogens with zero attached hydrogens (tertiary/aromatic N) is 4. The van der Waals surface area contributed by atoms with E-state index >= 15 is 0 Å². The number of aliphatic hydroxyl groups is 1. The Morgan fingerprint density at radius 2 is 2.33 bits per heavy atom. The molecule has 3 N–H and O–H groups in total. The maximum atomic E-state index is 10.5. The summed E-state index contributed by atoms with van der Waals surface area (Å²) >= 11 is 0. The standard InChI is InChI=1S/C16H24N6O2/c1-3-17-15(19-11-16(2,23)12-6-5-9-24-12)18-10-14-21-20-13-7-4-8-22(13)14/h5-6,9,23H,3-4,7-8,10-11H2,1-2H3,(H2,17,18,19). The number of guanidine groups is 1. The van der Waals surface area contributed by atoms with Crippen molar-refractivity contribution >= 4 is 5.96 Å². The highest BCUT2D eigenvalue weighted by molar-refractivity contribution is 5.79. The fourth-order valence-electron chi connectivity index (χ4n) is 2.75. The minimum atomic E-state index is -1.12. The van der Waals surface area contributed by atoms with Gasteiger partial charge in [0.15, 0.2) is 11.8 Å². The van der Waals surface area contributed by atoms with Gasteiger partial charge in [0, 0.05) is 19.5 Å². The van der Waals surface area contributed by atoms with Crippen molar-refractivity contribution < 1.29 is 9.52 Å². The van der Waals surface area contributed by atoms with Crippen LogP contribution in [0.1, 0.15) is 37.7 Å². The van der Waals surface area contributed by atoms with E-state index in [1.54, 1.807) is 25.3 Å². The van der Waals surface area contributed by atoms with E-state index in [-0.39, 0.29) is 6.54 Å². The van der Waals surface area contributed by atoms with E-state index in [1.165, 1.54) is 0 Å². The smallest absolute Gasteiger partial charge is 0.191 e. The van der Waals surface area contributed by atoms with E-state index in [2.05, 4.69) is 30.4 Å². The van der Waals surface area contributed by atoms with Gasteiger partial charge in [-0.3, -0.25) is 0 Å². The highest BCUT2D eigenvalue weighted by Gasteiger charge is 2.26. The SMILES string of the molecule is CCNC(=NCc1nnc2n1CCC2)NCC(C)(O)c1ccco1. The lowest BCUT2D eigenvalue weighted by Gasteiger charge is -2.22. The first-order chi connectivity index (χ1) is 11.6. The van der Waals surface area contributed by atoms with Gasteiger partial charge in [-0.05, 0) is 32.4 Å². The summed E-state index contributed by atoms with van der Waals surface area (Å²) in [4.78, 5) is 4.55. The van der Waals surface area contributed by atoms with Crippen LogP contribution in [0.2, 0.25) is 0 Å². The second-order valence-corrected chi connectivity index (χ2v) is 6.09. The lowest BCUT2D eigenvalue weighted by molar-refractivity contribution is 0.0386. The van der Waals surface area contributed by atoms with Crippen molar-refractivity contribution in [2.24, 2.45) is 4.99 Å². The van der Waals surface area contributed by atoms with Gasteiger partial charge in [0.1, 0.15) is 23.7 Å². The second-order valence-electron chi connectivity index (χ2n) is 6.09. The first-order valence-corrected chi connectivity index (χ1v) is 8.29. The number of furan rings is 1. The molecule has 2 aromatic heterocycles. The Morgan fingerprint density at radius 3 is 3.08 bits per heavy atom. The molecule has 8 heteroatoms. The van der Waals surface area contributed by atoms with Gasteiger partial charge in [0.2, 0.25) is 0 Å². The van der Waals surface area contributed by atoms with Crippen molar-refractivity contribution in [1.82, 2.24) is 25.4 Å². The van der Waals surface area contributed by atoms with Crippen LogP contribution in [-0.4, -0.2) is 38.9 Å². The van der Waals surface area contributed by atoms with Gasteiger partial charge in [-0.1, -0.05) is 0 Å². The summed E-state index contributed by atoms with van der Waals surface area (Å²) in [7, 11) is 0. The maximum Gasteiger partial charge on any atom is 0.191 e. The van der Waals surface area contributed by atoms with Gasteiger partial charge in [0.05, 0.1) is 12.8 Å². The number of fused-ring (bicyclic) bond motifs is 1. The van der Waals surface area contributed by atoms with Gasteiger partial charge in [0.25, 0.3) is 0 Å². The van der Waals surface area contributed by atoms with Gasteiger partial charge in [-0.2, -0.15) is 0 Å². The Morgan fingerprint density at radius 1 is 1.46 bits per heavy atom. The molecule has 0 saturated heterocycles. The van der Waals surface area contributed by atoms with E-state index in [0.717, 1.165) is 37.6 Å². The molecule has 1 atom stereocenters. The number of hydrogen-bond acceptors (Lipinski definition) is 5. The number of rotatable bonds is 6. The van der Waals surface area contributed by atoms with Gasteiger partial charge >= 0.3 is 0 Å². The molecule has 1 aliphatic rings. The van der Waals surface area contributed by atoms with Crippen molar-refractivity contribution in [3.63, 3.8) is 0 Å². The van der Waals surface area contributed by atoms with Crippen LogP contribution < -0.4 is 10.6 Å².